The second-order valence-electron chi connectivity index (χ2n) is 4.88. The average Bonchev–Trinajstić information content (AvgIpc) is 2.57. The van der Waals surface area contributed by atoms with Crippen LogP contribution in [0, 0.1) is 27.7 Å². The Morgan fingerprint density at radius 3 is 2.47 bits per heavy atom. The number of nitrogens with zero attached hydrogens (tertiary/aromatic N) is 2. The van der Waals surface area contributed by atoms with Crippen molar-refractivity contribution in [1.82, 2.24) is 9.78 Å². The Balaban J connectivity index is 2.28. The minimum atomic E-state index is 0.0553. The Morgan fingerprint density at radius 1 is 1.26 bits per heavy atom. The first-order valence-electron chi connectivity index (χ1n) is 6.20. The normalized spacial score (nSPS) is 10.8. The van der Waals surface area contributed by atoms with Crippen molar-refractivity contribution >= 4 is 17.4 Å². The van der Waals surface area contributed by atoms with Crippen molar-refractivity contribution in [3.63, 3.8) is 0 Å². The van der Waals surface area contributed by atoms with Crippen LogP contribution in [0.15, 0.2) is 18.2 Å². The molecule has 1 aromatic carbocycles. The van der Waals surface area contributed by atoms with E-state index in [4.69, 9.17) is 11.6 Å². The highest BCUT2D eigenvalue weighted by atomic mass is 35.5. The maximum Gasteiger partial charge on any atom is 0.184 e. The van der Waals surface area contributed by atoms with Gasteiger partial charge in [-0.1, -0.05) is 35.4 Å². The van der Waals surface area contributed by atoms with E-state index < -0.39 is 0 Å². The van der Waals surface area contributed by atoms with Crippen molar-refractivity contribution in [3.05, 3.63) is 51.3 Å². The quantitative estimate of drug-likeness (QED) is 0.802. The first kappa shape index (κ1) is 13.8. The van der Waals surface area contributed by atoms with Gasteiger partial charge >= 0.3 is 0 Å². The number of hydrogen-bond donors (Lipinski definition) is 0. The van der Waals surface area contributed by atoms with E-state index in [9.17, 15) is 4.79 Å². The molecule has 0 amide bonds. The van der Waals surface area contributed by atoms with Crippen LogP contribution >= 0.6 is 11.6 Å². The second-order valence-corrected chi connectivity index (χ2v) is 5.26. The average molecular weight is 277 g/mol. The van der Waals surface area contributed by atoms with Crippen LogP contribution in [0.3, 0.4) is 0 Å². The standard InChI is InChI=1S/C15H17ClN2O/c1-9-5-6-13(10(2)7-9)14(19)8-18-12(4)15(16)11(3)17-18/h5-7H,8H2,1-4H3. The molecule has 0 aliphatic heterocycles. The molecule has 0 aliphatic carbocycles. The third-order valence-electron chi connectivity index (χ3n) is 3.27. The summed E-state index contributed by atoms with van der Waals surface area (Å²) in [6.07, 6.45) is 0. The number of rotatable bonds is 3. The first-order chi connectivity index (χ1) is 8.90. The van der Waals surface area contributed by atoms with E-state index in [1.54, 1.807) is 4.68 Å². The molecule has 100 valence electrons. The Hall–Kier alpha value is -1.61. The number of halogens is 1. The number of ketones is 1. The number of carbonyl (C=O) groups is 1. The van der Waals surface area contributed by atoms with E-state index >= 15 is 0 Å². The van der Waals surface area contributed by atoms with Crippen LogP contribution in [0.1, 0.15) is 32.9 Å². The van der Waals surface area contributed by atoms with Crippen LogP contribution < -0.4 is 0 Å². The zero-order valence-electron chi connectivity index (χ0n) is 11.6. The number of carbonyl (C=O) groups excluding carboxylic acids is 1. The highest BCUT2D eigenvalue weighted by Crippen LogP contribution is 2.20. The van der Waals surface area contributed by atoms with Gasteiger partial charge in [0.25, 0.3) is 0 Å². The summed E-state index contributed by atoms with van der Waals surface area (Å²) in [5.74, 6) is 0.0553. The van der Waals surface area contributed by atoms with Gasteiger partial charge in [-0.15, -0.1) is 0 Å². The molecular formula is C15H17ClN2O. The molecule has 1 aromatic heterocycles. The lowest BCUT2D eigenvalue weighted by Gasteiger charge is -2.07. The maximum absolute atomic E-state index is 12.3. The summed E-state index contributed by atoms with van der Waals surface area (Å²) in [6.45, 7) is 7.91. The van der Waals surface area contributed by atoms with Gasteiger partial charge in [-0.3, -0.25) is 9.48 Å². The summed E-state index contributed by atoms with van der Waals surface area (Å²) < 4.78 is 1.67. The zero-order valence-corrected chi connectivity index (χ0v) is 12.4. The van der Waals surface area contributed by atoms with Crippen LogP contribution in [0.4, 0.5) is 0 Å². The topological polar surface area (TPSA) is 34.9 Å². The fraction of sp³-hybridized carbons (Fsp3) is 0.333. The van der Waals surface area contributed by atoms with E-state index in [0.29, 0.717) is 5.02 Å². The maximum atomic E-state index is 12.3. The fourth-order valence-corrected chi connectivity index (χ4v) is 2.31. The molecule has 2 rings (SSSR count). The SMILES string of the molecule is Cc1ccc(C(=O)Cn2nc(C)c(Cl)c2C)c(C)c1. The van der Waals surface area contributed by atoms with Gasteiger partial charge in [0.05, 0.1) is 16.4 Å². The van der Waals surface area contributed by atoms with Gasteiger partial charge in [0.1, 0.15) is 6.54 Å². The third kappa shape index (κ3) is 2.71. The van der Waals surface area contributed by atoms with Crippen LogP contribution in [-0.4, -0.2) is 15.6 Å². The van der Waals surface area contributed by atoms with Crippen LogP contribution in [0.5, 0.6) is 0 Å². The van der Waals surface area contributed by atoms with Crippen LogP contribution in [0.2, 0.25) is 5.02 Å². The van der Waals surface area contributed by atoms with Gasteiger partial charge in [-0.2, -0.15) is 5.10 Å². The summed E-state index contributed by atoms with van der Waals surface area (Å²) in [7, 11) is 0. The van der Waals surface area contributed by atoms with E-state index in [0.717, 1.165) is 28.1 Å². The molecule has 0 unspecified atom stereocenters. The van der Waals surface area contributed by atoms with Gasteiger partial charge in [0, 0.05) is 5.56 Å². The minimum absolute atomic E-state index is 0.0553. The summed E-state index contributed by atoms with van der Waals surface area (Å²) >= 11 is 6.09. The lowest BCUT2D eigenvalue weighted by Crippen LogP contribution is -2.14. The Labute approximate surface area is 118 Å². The van der Waals surface area contributed by atoms with Gasteiger partial charge in [0.2, 0.25) is 0 Å². The van der Waals surface area contributed by atoms with Gasteiger partial charge in [-0.05, 0) is 33.3 Å². The molecule has 4 heteroatoms. The van der Waals surface area contributed by atoms with E-state index in [2.05, 4.69) is 5.10 Å². The minimum Gasteiger partial charge on any atom is -0.292 e. The fourth-order valence-electron chi connectivity index (χ4n) is 2.18. The number of aryl methyl sites for hydroxylation is 3. The lowest BCUT2D eigenvalue weighted by molar-refractivity contribution is 0.0966. The summed E-state index contributed by atoms with van der Waals surface area (Å²) in [4.78, 5) is 12.3. The molecular weight excluding hydrogens is 260 g/mol. The summed E-state index contributed by atoms with van der Waals surface area (Å²) in [5.41, 5.74) is 4.49. The van der Waals surface area contributed by atoms with Crippen LogP contribution in [0.25, 0.3) is 0 Å². The largest absolute Gasteiger partial charge is 0.292 e. The second kappa shape index (κ2) is 5.17. The molecule has 0 radical (unpaired) electrons. The number of aromatic nitrogens is 2. The molecule has 0 spiro atoms. The van der Waals surface area contributed by atoms with Crippen molar-refractivity contribution in [2.24, 2.45) is 0 Å². The van der Waals surface area contributed by atoms with Crippen molar-refractivity contribution in [1.29, 1.82) is 0 Å². The summed E-state index contributed by atoms with van der Waals surface area (Å²) in [5, 5.41) is 4.92. The summed E-state index contributed by atoms with van der Waals surface area (Å²) in [6, 6.07) is 5.84. The van der Waals surface area contributed by atoms with E-state index in [1.165, 1.54) is 0 Å². The van der Waals surface area contributed by atoms with Crippen molar-refractivity contribution in [2.75, 3.05) is 0 Å². The number of hydrogen-bond acceptors (Lipinski definition) is 2. The molecule has 0 fully saturated rings. The predicted molar refractivity (Wildman–Crippen MR) is 77.0 cm³/mol. The number of Topliss-reactive ketones (excluding diaryl/α,β-unsaturated/α-hetero) is 1. The molecule has 0 aliphatic rings. The smallest absolute Gasteiger partial charge is 0.184 e. The molecule has 1 heterocycles. The Kier molecular flexibility index (Phi) is 3.76. The molecule has 0 N–H and O–H groups in total. The Morgan fingerprint density at radius 2 is 1.95 bits per heavy atom. The van der Waals surface area contributed by atoms with E-state index in [1.807, 2.05) is 45.9 Å². The van der Waals surface area contributed by atoms with Gasteiger partial charge in [-0.25, -0.2) is 0 Å². The molecule has 2 aromatic rings. The molecule has 0 saturated carbocycles. The van der Waals surface area contributed by atoms with E-state index in [-0.39, 0.29) is 12.3 Å². The van der Waals surface area contributed by atoms with Crippen molar-refractivity contribution in [2.45, 2.75) is 34.2 Å². The molecule has 0 saturated heterocycles. The highest BCUT2D eigenvalue weighted by molar-refractivity contribution is 6.31. The van der Waals surface area contributed by atoms with Gasteiger partial charge in [0.15, 0.2) is 5.78 Å². The first-order valence-corrected chi connectivity index (χ1v) is 6.58. The monoisotopic (exact) mass is 276 g/mol. The zero-order chi connectivity index (χ0) is 14.2. The predicted octanol–water partition coefficient (Wildman–Crippen LogP) is 3.65. The van der Waals surface area contributed by atoms with Crippen molar-refractivity contribution < 1.29 is 4.79 Å². The number of benzene rings is 1. The lowest BCUT2D eigenvalue weighted by atomic mass is 10.0. The van der Waals surface area contributed by atoms with Crippen molar-refractivity contribution in [3.8, 4) is 0 Å². The third-order valence-corrected chi connectivity index (χ3v) is 3.82. The molecule has 0 bridgehead atoms. The Bertz CT molecular complexity index is 644. The molecule has 0 atom stereocenters. The van der Waals surface area contributed by atoms with Crippen LogP contribution in [-0.2, 0) is 6.54 Å². The highest BCUT2D eigenvalue weighted by Gasteiger charge is 2.14. The molecule has 19 heavy (non-hydrogen) atoms. The van der Waals surface area contributed by atoms with Gasteiger partial charge < -0.3 is 0 Å². The molecule has 3 nitrogen and oxygen atoms in total.